The van der Waals surface area contributed by atoms with Gasteiger partial charge in [0.15, 0.2) is 0 Å². The first-order valence-electron chi connectivity index (χ1n) is 12.4. The van der Waals surface area contributed by atoms with E-state index in [2.05, 4.69) is 29.2 Å². The summed E-state index contributed by atoms with van der Waals surface area (Å²) in [6.07, 6.45) is 0.254. The zero-order valence-electron chi connectivity index (χ0n) is 20.3. The second-order valence-electron chi connectivity index (χ2n) is 9.09. The maximum atomic E-state index is 13.0. The minimum Gasteiger partial charge on any atom is -0.340 e. The number of carbonyl (C=O) groups is 1. The van der Waals surface area contributed by atoms with Crippen molar-refractivity contribution in [2.45, 2.75) is 19.5 Å². The highest BCUT2D eigenvalue weighted by Crippen LogP contribution is 2.28. The number of aromatic nitrogens is 2. The van der Waals surface area contributed by atoms with E-state index in [1.165, 1.54) is 10.2 Å². The van der Waals surface area contributed by atoms with Crippen LogP contribution in [-0.2, 0) is 17.9 Å². The Morgan fingerprint density at radius 1 is 0.750 bits per heavy atom. The van der Waals surface area contributed by atoms with Gasteiger partial charge in [-0.25, -0.2) is 4.68 Å². The van der Waals surface area contributed by atoms with Crippen LogP contribution in [-0.4, -0.2) is 51.7 Å². The number of piperazine rings is 1. The van der Waals surface area contributed by atoms with Gasteiger partial charge < -0.3 is 4.90 Å². The maximum Gasteiger partial charge on any atom is 0.267 e. The first kappa shape index (κ1) is 23.7. The molecular weight excluding hydrogens is 448 g/mol. The highest BCUT2D eigenvalue weighted by Gasteiger charge is 2.21. The van der Waals surface area contributed by atoms with Gasteiger partial charge in [-0.2, -0.15) is 5.10 Å². The van der Waals surface area contributed by atoms with E-state index in [1.54, 1.807) is 6.07 Å². The lowest BCUT2D eigenvalue weighted by molar-refractivity contribution is -0.133. The van der Waals surface area contributed by atoms with E-state index in [1.807, 2.05) is 71.6 Å². The van der Waals surface area contributed by atoms with Crippen molar-refractivity contribution in [1.29, 1.82) is 0 Å². The van der Waals surface area contributed by atoms with Gasteiger partial charge in [0.25, 0.3) is 5.56 Å². The Balaban J connectivity index is 1.27. The Morgan fingerprint density at radius 3 is 1.97 bits per heavy atom. The largest absolute Gasteiger partial charge is 0.340 e. The number of rotatable bonds is 7. The number of carbonyl (C=O) groups excluding carboxylic acids is 1. The van der Waals surface area contributed by atoms with Crippen molar-refractivity contribution >= 4 is 5.91 Å². The molecule has 1 aliphatic heterocycles. The summed E-state index contributed by atoms with van der Waals surface area (Å²) in [5.74, 6) is 0.0662. The summed E-state index contributed by atoms with van der Waals surface area (Å²) in [5.41, 5.74) is 4.50. The zero-order valence-corrected chi connectivity index (χ0v) is 20.3. The Labute approximate surface area is 211 Å². The monoisotopic (exact) mass is 478 g/mol. The molecule has 6 nitrogen and oxygen atoms in total. The van der Waals surface area contributed by atoms with Crippen molar-refractivity contribution in [2.75, 3.05) is 26.2 Å². The van der Waals surface area contributed by atoms with Crippen LogP contribution in [0.3, 0.4) is 0 Å². The van der Waals surface area contributed by atoms with Gasteiger partial charge >= 0.3 is 0 Å². The fourth-order valence-electron chi connectivity index (χ4n) is 4.65. The Morgan fingerprint density at radius 2 is 1.33 bits per heavy atom. The lowest BCUT2D eigenvalue weighted by Gasteiger charge is -2.34. The Bertz CT molecular complexity index is 1350. The number of nitrogens with zero attached hydrogens (tertiary/aromatic N) is 4. The zero-order chi connectivity index (χ0) is 24.7. The van der Waals surface area contributed by atoms with Crippen molar-refractivity contribution in [3.05, 3.63) is 113 Å². The molecule has 1 saturated heterocycles. The van der Waals surface area contributed by atoms with Gasteiger partial charge in [0.05, 0.1) is 12.2 Å². The first-order chi connectivity index (χ1) is 17.7. The second-order valence-corrected chi connectivity index (χ2v) is 9.09. The molecule has 36 heavy (non-hydrogen) atoms. The summed E-state index contributed by atoms with van der Waals surface area (Å²) >= 11 is 0. The molecular formula is C30H30N4O2. The molecule has 3 aromatic carbocycles. The molecule has 0 unspecified atom stereocenters. The smallest absolute Gasteiger partial charge is 0.267 e. The van der Waals surface area contributed by atoms with Crippen molar-refractivity contribution in [2.24, 2.45) is 0 Å². The fraction of sp³-hybridized carbons (Fsp3) is 0.233. The number of amides is 1. The third-order valence-corrected chi connectivity index (χ3v) is 6.64. The van der Waals surface area contributed by atoms with Gasteiger partial charge in [0, 0.05) is 56.3 Å². The van der Waals surface area contributed by atoms with Gasteiger partial charge in [-0.05, 0) is 11.1 Å². The van der Waals surface area contributed by atoms with Crippen molar-refractivity contribution in [3.63, 3.8) is 0 Å². The minimum atomic E-state index is -0.200. The maximum absolute atomic E-state index is 13.0. The van der Waals surface area contributed by atoms with Crippen LogP contribution in [0.15, 0.2) is 102 Å². The van der Waals surface area contributed by atoms with Gasteiger partial charge in [0.1, 0.15) is 0 Å². The molecule has 0 aliphatic carbocycles. The molecule has 0 N–H and O–H groups in total. The van der Waals surface area contributed by atoms with Crippen LogP contribution in [0.1, 0.15) is 12.0 Å². The van der Waals surface area contributed by atoms with Crippen molar-refractivity contribution in [1.82, 2.24) is 19.6 Å². The van der Waals surface area contributed by atoms with E-state index in [4.69, 9.17) is 5.10 Å². The van der Waals surface area contributed by atoms with Crippen LogP contribution in [0.4, 0.5) is 0 Å². The van der Waals surface area contributed by atoms with Crippen LogP contribution in [0.2, 0.25) is 0 Å². The van der Waals surface area contributed by atoms with Crippen LogP contribution in [0.25, 0.3) is 22.4 Å². The predicted octanol–water partition coefficient (Wildman–Crippen LogP) is 4.31. The van der Waals surface area contributed by atoms with Gasteiger partial charge in [-0.15, -0.1) is 0 Å². The van der Waals surface area contributed by atoms with E-state index in [-0.39, 0.29) is 24.4 Å². The SMILES string of the molecule is O=C(CCn1nc(-c2ccccc2)c(-c2ccccc2)cc1=O)N1CCN(Cc2ccccc2)CC1. The standard InChI is InChI=1S/C30H30N4O2/c35-28(33-20-18-32(19-21-33)23-24-10-4-1-5-11-24)16-17-34-29(36)22-27(25-12-6-2-7-13-25)30(31-34)26-14-8-3-9-15-26/h1-15,22H,16-21,23H2. The Kier molecular flexibility index (Phi) is 7.33. The average molecular weight is 479 g/mol. The summed E-state index contributed by atoms with van der Waals surface area (Å²) in [6.45, 7) is 4.27. The summed E-state index contributed by atoms with van der Waals surface area (Å²) in [6, 6.07) is 31.7. The molecule has 182 valence electrons. The third-order valence-electron chi connectivity index (χ3n) is 6.64. The summed E-state index contributed by atoms with van der Waals surface area (Å²) in [7, 11) is 0. The summed E-state index contributed by atoms with van der Waals surface area (Å²) in [5, 5.41) is 4.72. The van der Waals surface area contributed by atoms with E-state index in [9.17, 15) is 9.59 Å². The summed E-state index contributed by atoms with van der Waals surface area (Å²) in [4.78, 5) is 30.2. The third kappa shape index (κ3) is 5.61. The molecule has 0 radical (unpaired) electrons. The number of aryl methyl sites for hydroxylation is 1. The van der Waals surface area contributed by atoms with Gasteiger partial charge in [0.2, 0.25) is 5.91 Å². The molecule has 6 heteroatoms. The summed E-state index contributed by atoms with van der Waals surface area (Å²) < 4.78 is 1.43. The van der Waals surface area contributed by atoms with E-state index >= 15 is 0 Å². The lowest BCUT2D eigenvalue weighted by atomic mass is 10.0. The van der Waals surface area contributed by atoms with E-state index < -0.39 is 0 Å². The topological polar surface area (TPSA) is 58.4 Å². The number of hydrogen-bond donors (Lipinski definition) is 0. The molecule has 1 fully saturated rings. The minimum absolute atomic E-state index is 0.0662. The highest BCUT2D eigenvalue weighted by molar-refractivity contribution is 5.80. The van der Waals surface area contributed by atoms with Crippen LogP contribution >= 0.6 is 0 Å². The molecule has 1 amide bonds. The molecule has 0 atom stereocenters. The molecule has 4 aromatic rings. The fourth-order valence-corrected chi connectivity index (χ4v) is 4.65. The molecule has 2 heterocycles. The number of benzene rings is 3. The van der Waals surface area contributed by atoms with Gasteiger partial charge in [-0.1, -0.05) is 91.0 Å². The Hall–Kier alpha value is -4.03. The quantitative estimate of drug-likeness (QED) is 0.397. The second kappa shape index (κ2) is 11.1. The molecule has 1 aliphatic rings. The average Bonchev–Trinajstić information content (AvgIpc) is 2.94. The van der Waals surface area contributed by atoms with Crippen molar-refractivity contribution < 1.29 is 4.79 Å². The molecule has 1 aromatic heterocycles. The molecule has 5 rings (SSSR count). The highest BCUT2D eigenvalue weighted by atomic mass is 16.2. The normalized spacial score (nSPS) is 14.1. The van der Waals surface area contributed by atoms with Crippen molar-refractivity contribution in [3.8, 4) is 22.4 Å². The lowest BCUT2D eigenvalue weighted by Crippen LogP contribution is -2.48. The molecule has 0 bridgehead atoms. The first-order valence-corrected chi connectivity index (χ1v) is 12.4. The van der Waals surface area contributed by atoms with Crippen LogP contribution < -0.4 is 5.56 Å². The van der Waals surface area contributed by atoms with Crippen LogP contribution in [0.5, 0.6) is 0 Å². The van der Waals surface area contributed by atoms with E-state index in [0.29, 0.717) is 13.1 Å². The molecule has 0 spiro atoms. The van der Waals surface area contributed by atoms with Crippen LogP contribution in [0, 0.1) is 0 Å². The molecule has 0 saturated carbocycles. The van der Waals surface area contributed by atoms with E-state index in [0.717, 1.165) is 42.0 Å². The van der Waals surface area contributed by atoms with Gasteiger partial charge in [-0.3, -0.25) is 14.5 Å². The number of hydrogen-bond acceptors (Lipinski definition) is 4. The predicted molar refractivity (Wildman–Crippen MR) is 142 cm³/mol.